The first kappa shape index (κ1) is 8.28. The van der Waals surface area contributed by atoms with Crippen LogP contribution < -0.4 is 0 Å². The predicted molar refractivity (Wildman–Crippen MR) is 40.4 cm³/mol. The Hall–Kier alpha value is -0.720. The highest BCUT2D eigenvalue weighted by Crippen LogP contribution is 2.02. The van der Waals surface area contributed by atoms with Crippen molar-refractivity contribution in [2.24, 2.45) is 0 Å². The molecule has 0 aliphatic heterocycles. The lowest BCUT2D eigenvalue weighted by atomic mass is 10.2. The van der Waals surface area contributed by atoms with E-state index >= 15 is 0 Å². The second-order valence-electron chi connectivity index (χ2n) is 2.08. The van der Waals surface area contributed by atoms with Crippen molar-refractivity contribution in [3.8, 4) is 0 Å². The van der Waals surface area contributed by atoms with Gasteiger partial charge in [-0.2, -0.15) is 0 Å². The van der Waals surface area contributed by atoms with E-state index in [0.717, 1.165) is 18.4 Å². The van der Waals surface area contributed by atoms with Gasteiger partial charge in [-0.25, -0.2) is 0 Å². The molecule has 0 unspecified atom stereocenters. The van der Waals surface area contributed by atoms with Crippen molar-refractivity contribution >= 4 is 0 Å². The van der Waals surface area contributed by atoms with Gasteiger partial charge in [-0.15, -0.1) is 0 Å². The van der Waals surface area contributed by atoms with Gasteiger partial charge in [0.25, 0.3) is 0 Å². The number of allylic oxidation sites excluding steroid dienone is 3. The third kappa shape index (κ3) is 5.15. The topological polar surface area (TPSA) is 20.2 Å². The highest BCUT2D eigenvalue weighted by molar-refractivity contribution is 4.94. The first-order chi connectivity index (χ1) is 4.31. The highest BCUT2D eigenvalue weighted by atomic mass is 16.2. The Labute approximate surface area is 56.7 Å². The van der Waals surface area contributed by atoms with E-state index in [2.05, 4.69) is 6.08 Å². The molecule has 0 aromatic rings. The molecule has 1 nitrogen and oxygen atoms in total. The lowest BCUT2D eigenvalue weighted by Crippen LogP contribution is -1.73. The first-order valence-corrected chi connectivity index (χ1v) is 3.22. The molecule has 0 aliphatic carbocycles. The van der Waals surface area contributed by atoms with Gasteiger partial charge in [-0.05, 0) is 32.3 Å². The van der Waals surface area contributed by atoms with Crippen molar-refractivity contribution in [1.29, 1.82) is 0 Å². The Kier molecular flexibility index (Phi) is 4.98. The van der Waals surface area contributed by atoms with Crippen LogP contribution in [0, 0.1) is 0 Å². The molecule has 9 heavy (non-hydrogen) atoms. The largest absolute Gasteiger partial charge is 0.516 e. The Morgan fingerprint density at radius 1 is 1.56 bits per heavy atom. The van der Waals surface area contributed by atoms with Gasteiger partial charge in [0, 0.05) is 0 Å². The minimum Gasteiger partial charge on any atom is -0.516 e. The van der Waals surface area contributed by atoms with Gasteiger partial charge in [-0.3, -0.25) is 0 Å². The van der Waals surface area contributed by atoms with Crippen LogP contribution in [0.2, 0.25) is 0 Å². The molecule has 0 atom stereocenters. The summed E-state index contributed by atoms with van der Waals surface area (Å²) in [7, 11) is 0. The van der Waals surface area contributed by atoms with Gasteiger partial charge in [-0.1, -0.05) is 12.2 Å². The molecule has 0 spiro atoms. The van der Waals surface area contributed by atoms with E-state index in [1.807, 2.05) is 19.9 Å². The van der Waals surface area contributed by atoms with Gasteiger partial charge in [0.05, 0.1) is 6.26 Å². The van der Waals surface area contributed by atoms with Crippen LogP contribution in [0.4, 0.5) is 0 Å². The van der Waals surface area contributed by atoms with Crippen LogP contribution in [-0.2, 0) is 0 Å². The van der Waals surface area contributed by atoms with Crippen LogP contribution in [-0.4, -0.2) is 5.11 Å². The molecule has 0 rings (SSSR count). The van der Waals surface area contributed by atoms with Crippen molar-refractivity contribution in [2.45, 2.75) is 26.7 Å². The van der Waals surface area contributed by atoms with Crippen LogP contribution in [0.3, 0.4) is 0 Å². The summed E-state index contributed by atoms with van der Waals surface area (Å²) in [6, 6.07) is 0. The molecule has 0 amide bonds. The minimum absolute atomic E-state index is 0.959. The van der Waals surface area contributed by atoms with E-state index in [0.29, 0.717) is 0 Å². The lowest BCUT2D eigenvalue weighted by Gasteiger charge is -1.91. The summed E-state index contributed by atoms with van der Waals surface area (Å²) in [6.07, 6.45) is 7.27. The zero-order valence-corrected chi connectivity index (χ0v) is 6.09. The Morgan fingerprint density at radius 2 is 2.22 bits per heavy atom. The second-order valence-corrected chi connectivity index (χ2v) is 2.08. The summed E-state index contributed by atoms with van der Waals surface area (Å²) < 4.78 is 0. The van der Waals surface area contributed by atoms with Crippen molar-refractivity contribution < 1.29 is 5.11 Å². The molecule has 52 valence electrons. The zero-order valence-electron chi connectivity index (χ0n) is 6.09. The first-order valence-electron chi connectivity index (χ1n) is 3.22. The number of hydrogen-bond acceptors (Lipinski definition) is 1. The molecule has 0 bridgehead atoms. The summed E-state index contributed by atoms with van der Waals surface area (Å²) in [6.45, 7) is 3.92. The molecule has 1 N–H and O–H groups in total. The average molecular weight is 126 g/mol. The van der Waals surface area contributed by atoms with Crippen molar-refractivity contribution in [3.05, 3.63) is 24.0 Å². The summed E-state index contributed by atoms with van der Waals surface area (Å²) in [4.78, 5) is 0. The SMILES string of the molecule is CC=CCCC(C)=CO. The molecule has 0 radical (unpaired) electrons. The molecule has 0 fully saturated rings. The standard InChI is InChI=1S/C8H14O/c1-3-4-5-6-8(2)7-9/h3-4,7,9H,5-6H2,1-2H3. The van der Waals surface area contributed by atoms with Crippen LogP contribution in [0.1, 0.15) is 26.7 Å². The molecule has 0 saturated carbocycles. The molecule has 0 saturated heterocycles. The van der Waals surface area contributed by atoms with Gasteiger partial charge in [0.15, 0.2) is 0 Å². The van der Waals surface area contributed by atoms with Crippen molar-refractivity contribution in [2.75, 3.05) is 0 Å². The number of aliphatic hydroxyl groups excluding tert-OH is 1. The van der Waals surface area contributed by atoms with Crippen molar-refractivity contribution in [1.82, 2.24) is 0 Å². The van der Waals surface area contributed by atoms with E-state index in [1.165, 1.54) is 6.26 Å². The van der Waals surface area contributed by atoms with Crippen LogP contribution >= 0.6 is 0 Å². The number of rotatable bonds is 3. The fourth-order valence-electron chi connectivity index (χ4n) is 0.542. The molecule has 0 aromatic carbocycles. The van der Waals surface area contributed by atoms with Gasteiger partial charge in [0.1, 0.15) is 0 Å². The normalized spacial score (nSPS) is 12.9. The zero-order chi connectivity index (χ0) is 7.11. The van der Waals surface area contributed by atoms with E-state index in [4.69, 9.17) is 5.11 Å². The summed E-state index contributed by atoms with van der Waals surface area (Å²) in [5.41, 5.74) is 1.04. The average Bonchev–Trinajstić information content (AvgIpc) is 1.89. The molecule has 1 heteroatoms. The number of hydrogen-bond donors (Lipinski definition) is 1. The molecule has 0 heterocycles. The fourth-order valence-corrected chi connectivity index (χ4v) is 0.542. The quantitative estimate of drug-likeness (QED) is 0.455. The van der Waals surface area contributed by atoms with Crippen LogP contribution in [0.25, 0.3) is 0 Å². The second kappa shape index (κ2) is 5.42. The number of aliphatic hydroxyl groups is 1. The Balaban J connectivity index is 3.28. The summed E-state index contributed by atoms with van der Waals surface area (Å²) >= 11 is 0. The van der Waals surface area contributed by atoms with E-state index in [9.17, 15) is 0 Å². The maximum absolute atomic E-state index is 8.45. The van der Waals surface area contributed by atoms with E-state index in [1.54, 1.807) is 0 Å². The smallest absolute Gasteiger partial charge is 0.0780 e. The van der Waals surface area contributed by atoms with Gasteiger partial charge < -0.3 is 5.11 Å². The van der Waals surface area contributed by atoms with E-state index < -0.39 is 0 Å². The monoisotopic (exact) mass is 126 g/mol. The van der Waals surface area contributed by atoms with Gasteiger partial charge in [0.2, 0.25) is 0 Å². The molecule has 0 aromatic heterocycles. The molecule has 0 aliphatic rings. The summed E-state index contributed by atoms with van der Waals surface area (Å²) in [5.74, 6) is 0. The third-order valence-electron chi connectivity index (χ3n) is 1.16. The fraction of sp³-hybridized carbons (Fsp3) is 0.500. The molecular formula is C8H14O. The van der Waals surface area contributed by atoms with Crippen LogP contribution in [0.5, 0.6) is 0 Å². The minimum atomic E-state index is 0.959. The lowest BCUT2D eigenvalue weighted by molar-refractivity contribution is 0.464. The third-order valence-corrected chi connectivity index (χ3v) is 1.16. The predicted octanol–water partition coefficient (Wildman–Crippen LogP) is 2.80. The maximum Gasteiger partial charge on any atom is 0.0780 e. The maximum atomic E-state index is 8.45. The summed E-state index contributed by atoms with van der Waals surface area (Å²) in [5, 5.41) is 8.45. The molecular weight excluding hydrogens is 112 g/mol. The van der Waals surface area contributed by atoms with E-state index in [-0.39, 0.29) is 0 Å². The van der Waals surface area contributed by atoms with Gasteiger partial charge >= 0.3 is 0 Å². The Morgan fingerprint density at radius 3 is 2.67 bits per heavy atom. The highest BCUT2D eigenvalue weighted by Gasteiger charge is 1.84. The Bertz CT molecular complexity index is 112. The van der Waals surface area contributed by atoms with Crippen molar-refractivity contribution in [3.63, 3.8) is 0 Å². The van der Waals surface area contributed by atoms with Crippen LogP contribution in [0.15, 0.2) is 24.0 Å².